The summed E-state index contributed by atoms with van der Waals surface area (Å²) in [7, 11) is -4.19. The van der Waals surface area contributed by atoms with Crippen LogP contribution in [0.3, 0.4) is 0 Å². The molecule has 0 amide bonds. The number of ether oxygens (including phenoxy) is 2. The van der Waals surface area contributed by atoms with Crippen LogP contribution in [0.2, 0.25) is 5.02 Å². The molecule has 244 valence electrons. The fraction of sp³-hybridized carbons (Fsp3) is 0.469. The van der Waals surface area contributed by atoms with E-state index in [-0.39, 0.29) is 25.1 Å². The average molecular weight is 660 g/mol. The van der Waals surface area contributed by atoms with Crippen molar-refractivity contribution in [2.75, 3.05) is 18.9 Å². The standard InChI is InChI=1S/C32H43ClN5O6P/c1-7-9-18-32(6,38-27(19-41-8-2)36-28-29(38)25-12-10-11-13-26(25)35-30(28)34)20-42-45(40,37-22(5)31(39)43-21(3)4)44-24-16-14-23(33)15-17-24/h10-17,21-22H,7-9,18-20H2,1-6H3,(H2,34,35)(H,37,40)/t22-,32-,45-/m0/s1. The Balaban J connectivity index is 1.81. The van der Waals surface area contributed by atoms with Crippen molar-refractivity contribution in [2.45, 2.75) is 85.1 Å². The van der Waals surface area contributed by atoms with Crippen LogP contribution < -0.4 is 15.3 Å². The van der Waals surface area contributed by atoms with Crippen LogP contribution in [0, 0.1) is 0 Å². The van der Waals surface area contributed by atoms with E-state index in [1.807, 2.05) is 38.1 Å². The molecule has 3 N–H and O–H groups in total. The van der Waals surface area contributed by atoms with Gasteiger partial charge >= 0.3 is 13.7 Å². The van der Waals surface area contributed by atoms with Crippen LogP contribution in [0.15, 0.2) is 48.5 Å². The highest BCUT2D eigenvalue weighted by molar-refractivity contribution is 7.52. The number of halogens is 1. The Morgan fingerprint density at radius 2 is 1.82 bits per heavy atom. The molecule has 45 heavy (non-hydrogen) atoms. The van der Waals surface area contributed by atoms with Gasteiger partial charge in [-0.2, -0.15) is 5.09 Å². The van der Waals surface area contributed by atoms with Gasteiger partial charge in [-0.05, 0) is 71.4 Å². The lowest BCUT2D eigenvalue weighted by molar-refractivity contribution is -0.149. The Hall–Kier alpha value is -3.21. The quantitative estimate of drug-likeness (QED) is 0.0924. The van der Waals surface area contributed by atoms with Gasteiger partial charge in [-0.25, -0.2) is 14.5 Å². The largest absolute Gasteiger partial charge is 0.462 e. The molecule has 2 aromatic carbocycles. The number of carbonyl (C=O) groups excluding carboxylic acids is 1. The number of rotatable bonds is 16. The summed E-state index contributed by atoms with van der Waals surface area (Å²) >= 11 is 6.07. The van der Waals surface area contributed by atoms with E-state index >= 15 is 0 Å². The summed E-state index contributed by atoms with van der Waals surface area (Å²) in [5.74, 6) is 0.602. The highest BCUT2D eigenvalue weighted by Gasteiger charge is 2.39. The number of aromatic nitrogens is 3. The third kappa shape index (κ3) is 8.34. The van der Waals surface area contributed by atoms with Crippen molar-refractivity contribution >= 4 is 53.1 Å². The molecule has 13 heteroatoms. The Labute approximate surface area is 269 Å². The summed E-state index contributed by atoms with van der Waals surface area (Å²) in [5, 5.41) is 4.14. The molecule has 4 aromatic rings. The van der Waals surface area contributed by atoms with Gasteiger partial charge in [0.05, 0.1) is 29.3 Å². The van der Waals surface area contributed by atoms with Gasteiger partial charge in [-0.1, -0.05) is 49.6 Å². The molecule has 0 bridgehead atoms. The zero-order valence-corrected chi connectivity index (χ0v) is 28.4. The van der Waals surface area contributed by atoms with E-state index < -0.39 is 25.3 Å². The number of nitrogens with zero attached hydrogens (tertiary/aromatic N) is 3. The van der Waals surface area contributed by atoms with Crippen molar-refractivity contribution in [3.63, 3.8) is 0 Å². The van der Waals surface area contributed by atoms with Gasteiger partial charge in [0, 0.05) is 17.0 Å². The molecular weight excluding hydrogens is 617 g/mol. The minimum Gasteiger partial charge on any atom is -0.462 e. The number of imidazole rings is 1. The highest BCUT2D eigenvalue weighted by atomic mass is 35.5. The van der Waals surface area contributed by atoms with Gasteiger partial charge < -0.3 is 24.3 Å². The predicted octanol–water partition coefficient (Wildman–Crippen LogP) is 7.40. The van der Waals surface area contributed by atoms with Crippen LogP contribution in [0.25, 0.3) is 21.9 Å². The van der Waals surface area contributed by atoms with E-state index in [4.69, 9.17) is 40.8 Å². The molecule has 0 unspecified atom stereocenters. The molecule has 0 radical (unpaired) electrons. The Morgan fingerprint density at radius 1 is 1.11 bits per heavy atom. The first-order valence-corrected chi connectivity index (χ1v) is 17.1. The number of nitrogens with two attached hydrogens (primary N) is 1. The number of esters is 1. The van der Waals surface area contributed by atoms with Crippen LogP contribution in [-0.4, -0.2) is 45.9 Å². The maximum atomic E-state index is 14.5. The van der Waals surface area contributed by atoms with E-state index in [2.05, 4.69) is 21.6 Å². The summed E-state index contributed by atoms with van der Waals surface area (Å²) in [4.78, 5) is 22.2. The number of nitrogen functional groups attached to an aromatic ring is 1. The van der Waals surface area contributed by atoms with Crippen molar-refractivity contribution in [2.24, 2.45) is 0 Å². The molecule has 3 atom stereocenters. The zero-order valence-electron chi connectivity index (χ0n) is 26.7. The normalized spacial score (nSPS) is 15.2. The minimum absolute atomic E-state index is 0.0715. The first-order valence-electron chi connectivity index (χ1n) is 15.2. The van der Waals surface area contributed by atoms with Gasteiger partial charge in [0.15, 0.2) is 5.82 Å². The molecule has 0 spiro atoms. The number of pyridine rings is 1. The van der Waals surface area contributed by atoms with Crippen molar-refractivity contribution in [3.05, 3.63) is 59.4 Å². The van der Waals surface area contributed by atoms with Crippen LogP contribution in [0.4, 0.5) is 5.82 Å². The summed E-state index contributed by atoms with van der Waals surface area (Å²) in [5.41, 5.74) is 7.69. The maximum Gasteiger partial charge on any atom is 0.459 e. The van der Waals surface area contributed by atoms with Gasteiger partial charge in [-0.3, -0.25) is 9.32 Å². The van der Waals surface area contributed by atoms with Crippen LogP contribution >= 0.6 is 19.3 Å². The second-order valence-electron chi connectivity index (χ2n) is 11.5. The van der Waals surface area contributed by atoms with Gasteiger partial charge in [0.25, 0.3) is 0 Å². The highest BCUT2D eigenvalue weighted by Crippen LogP contribution is 2.47. The average Bonchev–Trinajstić information content (AvgIpc) is 3.40. The van der Waals surface area contributed by atoms with E-state index in [0.29, 0.717) is 35.2 Å². The number of fused-ring (bicyclic) bond motifs is 3. The Morgan fingerprint density at radius 3 is 2.49 bits per heavy atom. The lowest BCUT2D eigenvalue weighted by Gasteiger charge is -2.35. The number of para-hydroxylation sites is 1. The van der Waals surface area contributed by atoms with Crippen molar-refractivity contribution in [1.29, 1.82) is 0 Å². The summed E-state index contributed by atoms with van der Waals surface area (Å²) in [6, 6.07) is 13.1. The fourth-order valence-corrected chi connectivity index (χ4v) is 6.83. The molecule has 2 aromatic heterocycles. The monoisotopic (exact) mass is 659 g/mol. The number of benzene rings is 2. The number of hydrogen-bond donors (Lipinski definition) is 2. The van der Waals surface area contributed by atoms with Crippen LogP contribution in [0.1, 0.15) is 66.6 Å². The minimum atomic E-state index is -4.19. The number of hydrogen-bond acceptors (Lipinski definition) is 9. The van der Waals surface area contributed by atoms with Gasteiger partial charge in [0.1, 0.15) is 29.7 Å². The molecule has 11 nitrogen and oxygen atoms in total. The van der Waals surface area contributed by atoms with Crippen molar-refractivity contribution < 1.29 is 27.9 Å². The van der Waals surface area contributed by atoms with Gasteiger partial charge in [0.2, 0.25) is 0 Å². The van der Waals surface area contributed by atoms with Crippen LogP contribution in [0.5, 0.6) is 5.75 Å². The molecule has 0 aliphatic heterocycles. The molecule has 0 saturated carbocycles. The molecular formula is C32H43ClN5O6P. The number of nitrogens with one attached hydrogen (secondary N) is 1. The van der Waals surface area contributed by atoms with E-state index in [1.54, 1.807) is 45.0 Å². The molecule has 0 aliphatic carbocycles. The van der Waals surface area contributed by atoms with Crippen molar-refractivity contribution in [1.82, 2.24) is 19.6 Å². The number of anilines is 1. The topological polar surface area (TPSA) is 140 Å². The van der Waals surface area contributed by atoms with E-state index in [9.17, 15) is 9.36 Å². The lowest BCUT2D eigenvalue weighted by Crippen LogP contribution is -2.40. The predicted molar refractivity (Wildman–Crippen MR) is 177 cm³/mol. The van der Waals surface area contributed by atoms with Crippen molar-refractivity contribution in [3.8, 4) is 5.75 Å². The Bertz CT molecular complexity index is 1660. The molecule has 0 aliphatic rings. The smallest absolute Gasteiger partial charge is 0.459 e. The van der Waals surface area contributed by atoms with Crippen LogP contribution in [-0.2, 0) is 35.5 Å². The summed E-state index contributed by atoms with van der Waals surface area (Å²) in [6.07, 6.45) is 2.02. The molecule has 4 rings (SSSR count). The zero-order chi connectivity index (χ0) is 32.8. The number of unbranched alkanes of at least 4 members (excludes halogenated alkanes) is 1. The maximum absolute atomic E-state index is 14.5. The third-order valence-electron chi connectivity index (χ3n) is 7.28. The fourth-order valence-electron chi connectivity index (χ4n) is 5.10. The van der Waals surface area contributed by atoms with E-state index in [0.717, 1.165) is 29.3 Å². The van der Waals surface area contributed by atoms with Gasteiger partial charge in [-0.15, -0.1) is 0 Å². The number of carbonyl (C=O) groups is 1. The summed E-state index contributed by atoms with van der Waals surface area (Å²) < 4.78 is 40.0. The Kier molecular flexibility index (Phi) is 11.5. The molecule has 0 fully saturated rings. The second kappa shape index (κ2) is 14.9. The lowest BCUT2D eigenvalue weighted by atomic mass is 9.94. The molecule has 2 heterocycles. The third-order valence-corrected chi connectivity index (χ3v) is 9.15. The van der Waals surface area contributed by atoms with E-state index in [1.165, 1.54) is 0 Å². The summed E-state index contributed by atoms with van der Waals surface area (Å²) in [6.45, 7) is 11.7. The molecule has 0 saturated heterocycles. The first kappa shape index (κ1) is 34.7. The first-order chi connectivity index (χ1) is 21.4. The SMILES string of the molecule is CCCC[C@@](C)(CO[P@@](=O)(N[C@@H](C)C(=O)OC(C)C)Oc1ccc(Cl)cc1)n1c(COCC)nc2c(N)nc3ccccc3c21. The second-order valence-corrected chi connectivity index (χ2v) is 13.6.